The Bertz CT molecular complexity index is 694. The van der Waals surface area contributed by atoms with Gasteiger partial charge in [-0.2, -0.15) is 0 Å². The second-order valence-electron chi connectivity index (χ2n) is 7.44. The van der Waals surface area contributed by atoms with Gasteiger partial charge in [0.1, 0.15) is 6.54 Å². The van der Waals surface area contributed by atoms with E-state index >= 15 is 0 Å². The quantitative estimate of drug-likeness (QED) is 0.240. The lowest BCUT2D eigenvalue weighted by Crippen LogP contribution is -2.52. The van der Waals surface area contributed by atoms with E-state index in [-0.39, 0.29) is 48.0 Å². The Labute approximate surface area is 196 Å². The number of amides is 1. The van der Waals surface area contributed by atoms with Gasteiger partial charge in [0.2, 0.25) is 5.91 Å². The Hall–Kier alpha value is -1.62. The van der Waals surface area contributed by atoms with Gasteiger partial charge in [0, 0.05) is 53.4 Å². The molecule has 1 aliphatic rings. The van der Waals surface area contributed by atoms with E-state index in [0.29, 0.717) is 6.54 Å². The number of ether oxygens (including phenoxy) is 1. The molecule has 2 rings (SSSR count). The minimum atomic E-state index is -0.330. The molecule has 1 saturated heterocycles. The molecular weight excluding hydrogens is 500 g/mol. The fourth-order valence-electron chi connectivity index (χ4n) is 3.11. The Balaban J connectivity index is 0.00000450. The molecule has 170 valence electrons. The van der Waals surface area contributed by atoms with Gasteiger partial charge in [-0.3, -0.25) is 9.69 Å². The van der Waals surface area contributed by atoms with Gasteiger partial charge < -0.3 is 19.9 Å². The van der Waals surface area contributed by atoms with Crippen LogP contribution in [0.5, 0.6) is 5.75 Å². The highest BCUT2D eigenvalue weighted by molar-refractivity contribution is 14.0. The summed E-state index contributed by atoms with van der Waals surface area (Å²) < 4.78 is 18.9. The first-order chi connectivity index (χ1) is 13.9. The summed E-state index contributed by atoms with van der Waals surface area (Å²) in [6.07, 6.45) is 2.16. The number of nitrogens with one attached hydrogen (secondary N) is 1. The number of guanidine groups is 1. The van der Waals surface area contributed by atoms with Gasteiger partial charge in [0.05, 0.1) is 7.11 Å². The lowest BCUT2D eigenvalue weighted by molar-refractivity contribution is -0.127. The molecule has 0 aliphatic carbocycles. The molecule has 0 aromatic heterocycles. The Kier molecular flexibility index (Phi) is 12.0. The number of hydrogen-bond donors (Lipinski definition) is 1. The van der Waals surface area contributed by atoms with Gasteiger partial charge in [0.25, 0.3) is 0 Å². The van der Waals surface area contributed by atoms with Crippen molar-refractivity contribution >= 4 is 35.8 Å². The second kappa shape index (κ2) is 13.6. The van der Waals surface area contributed by atoms with E-state index in [4.69, 9.17) is 4.74 Å². The summed E-state index contributed by atoms with van der Waals surface area (Å²) in [4.78, 5) is 22.5. The Morgan fingerprint density at radius 1 is 1.27 bits per heavy atom. The van der Waals surface area contributed by atoms with Crippen LogP contribution in [0.3, 0.4) is 0 Å². The number of halogens is 2. The Morgan fingerprint density at radius 3 is 2.53 bits per heavy atom. The van der Waals surface area contributed by atoms with Crippen molar-refractivity contribution in [3.8, 4) is 5.75 Å². The molecule has 7 nitrogen and oxygen atoms in total. The fourth-order valence-corrected chi connectivity index (χ4v) is 3.11. The highest BCUT2D eigenvalue weighted by Gasteiger charge is 2.20. The minimum Gasteiger partial charge on any atom is -0.494 e. The average molecular weight is 535 g/mol. The number of likely N-dealkylation sites (N-methyl/N-ethyl adjacent to an activating group) is 1. The predicted molar refractivity (Wildman–Crippen MR) is 129 cm³/mol. The number of aliphatic imine (C=N–C) groups is 1. The van der Waals surface area contributed by atoms with Crippen LogP contribution in [-0.2, 0) is 11.3 Å². The van der Waals surface area contributed by atoms with E-state index < -0.39 is 0 Å². The van der Waals surface area contributed by atoms with E-state index in [1.807, 2.05) is 6.07 Å². The van der Waals surface area contributed by atoms with E-state index in [9.17, 15) is 9.18 Å². The first kappa shape index (κ1) is 26.4. The molecule has 1 aromatic rings. The Morgan fingerprint density at radius 2 is 1.97 bits per heavy atom. The number of carbonyl (C=O) groups excluding carboxylic acids is 1. The zero-order valence-electron chi connectivity index (χ0n) is 18.5. The summed E-state index contributed by atoms with van der Waals surface area (Å²) >= 11 is 0. The van der Waals surface area contributed by atoms with Crippen LogP contribution in [-0.4, -0.2) is 87.0 Å². The molecule has 0 saturated carbocycles. The zero-order valence-corrected chi connectivity index (χ0v) is 20.8. The molecule has 0 spiro atoms. The number of methoxy groups -OCH3 is 1. The third-order valence-corrected chi connectivity index (χ3v) is 4.97. The van der Waals surface area contributed by atoms with Crippen LogP contribution in [0.2, 0.25) is 0 Å². The van der Waals surface area contributed by atoms with Crippen molar-refractivity contribution in [2.75, 3.05) is 60.5 Å². The third kappa shape index (κ3) is 8.25. The predicted octanol–water partition coefficient (Wildman–Crippen LogP) is 2.40. The van der Waals surface area contributed by atoms with Gasteiger partial charge in [-0.1, -0.05) is 19.4 Å². The normalized spacial score (nSPS) is 14.8. The molecule has 0 radical (unpaired) electrons. The van der Waals surface area contributed by atoms with E-state index in [1.165, 1.54) is 13.2 Å². The second-order valence-corrected chi connectivity index (χ2v) is 7.44. The summed E-state index contributed by atoms with van der Waals surface area (Å²) in [5.41, 5.74) is 0.934. The first-order valence-corrected chi connectivity index (χ1v) is 10.2. The van der Waals surface area contributed by atoms with Crippen molar-refractivity contribution in [2.45, 2.75) is 26.3 Å². The number of hydrogen-bond acceptors (Lipinski definition) is 4. The number of nitrogens with zero attached hydrogens (tertiary/aromatic N) is 4. The highest BCUT2D eigenvalue weighted by atomic mass is 127. The molecule has 1 N–H and O–H groups in total. The molecule has 1 amide bonds. The summed E-state index contributed by atoms with van der Waals surface area (Å²) in [7, 11) is 4.95. The van der Waals surface area contributed by atoms with Crippen molar-refractivity contribution in [1.82, 2.24) is 20.0 Å². The number of benzene rings is 1. The van der Waals surface area contributed by atoms with Crippen LogP contribution >= 0.6 is 24.0 Å². The smallest absolute Gasteiger partial charge is 0.243 e. The van der Waals surface area contributed by atoms with Gasteiger partial charge in [-0.05, 0) is 24.1 Å². The van der Waals surface area contributed by atoms with Gasteiger partial charge in [-0.25, -0.2) is 9.38 Å². The average Bonchev–Trinajstić information content (AvgIpc) is 2.71. The zero-order chi connectivity index (χ0) is 21.2. The van der Waals surface area contributed by atoms with Crippen LogP contribution in [0.1, 0.15) is 25.3 Å². The summed E-state index contributed by atoms with van der Waals surface area (Å²) in [5, 5.41) is 3.39. The maximum absolute atomic E-state index is 13.9. The molecule has 0 bridgehead atoms. The molecular formula is C21H35FIN5O2. The van der Waals surface area contributed by atoms with E-state index in [2.05, 4.69) is 27.0 Å². The van der Waals surface area contributed by atoms with Gasteiger partial charge in [-0.15, -0.1) is 24.0 Å². The fraction of sp³-hybridized carbons (Fsp3) is 0.619. The van der Waals surface area contributed by atoms with Crippen LogP contribution in [0.15, 0.2) is 23.2 Å². The maximum atomic E-state index is 13.9. The van der Waals surface area contributed by atoms with Crippen LogP contribution in [0.25, 0.3) is 0 Å². The summed E-state index contributed by atoms with van der Waals surface area (Å²) in [6, 6.07) is 5.11. The molecule has 1 fully saturated rings. The molecule has 1 aromatic carbocycles. The van der Waals surface area contributed by atoms with Gasteiger partial charge in [0.15, 0.2) is 17.5 Å². The highest BCUT2D eigenvalue weighted by Crippen LogP contribution is 2.19. The lowest BCUT2D eigenvalue weighted by Gasteiger charge is -2.36. The first-order valence-electron chi connectivity index (χ1n) is 10.2. The van der Waals surface area contributed by atoms with Crippen molar-refractivity contribution in [3.63, 3.8) is 0 Å². The molecule has 1 heterocycles. The van der Waals surface area contributed by atoms with Crippen molar-refractivity contribution < 1.29 is 13.9 Å². The van der Waals surface area contributed by atoms with E-state index in [0.717, 1.165) is 57.1 Å². The molecule has 9 heteroatoms. The van der Waals surface area contributed by atoms with Crippen molar-refractivity contribution in [3.05, 3.63) is 29.6 Å². The molecule has 30 heavy (non-hydrogen) atoms. The molecule has 0 atom stereocenters. The van der Waals surface area contributed by atoms with Gasteiger partial charge >= 0.3 is 0 Å². The number of rotatable bonds is 8. The third-order valence-electron chi connectivity index (χ3n) is 4.97. The number of unbranched alkanes of at least 4 members (excludes halogenated alkanes) is 1. The standard InChI is InChI=1S/C21H34FN5O2.HI/c1-5-6-9-23-21(24-15-20(28)25(2)3)27-12-10-26(11-13-27)16-17-7-8-19(29-4)18(22)14-17;/h7-8,14H,5-6,9-13,15-16H2,1-4H3,(H,23,24);1H. The maximum Gasteiger partial charge on any atom is 0.243 e. The van der Waals surface area contributed by atoms with Crippen molar-refractivity contribution in [1.29, 1.82) is 0 Å². The largest absolute Gasteiger partial charge is 0.494 e. The van der Waals surface area contributed by atoms with Crippen LogP contribution in [0.4, 0.5) is 4.39 Å². The minimum absolute atomic E-state index is 0. The van der Waals surface area contributed by atoms with E-state index in [1.54, 1.807) is 25.1 Å². The number of carbonyl (C=O) groups is 1. The van der Waals surface area contributed by atoms with Crippen LogP contribution in [0, 0.1) is 5.82 Å². The van der Waals surface area contributed by atoms with Crippen LogP contribution < -0.4 is 10.1 Å². The molecule has 1 aliphatic heterocycles. The molecule has 0 unspecified atom stereocenters. The summed E-state index contributed by atoms with van der Waals surface area (Å²) in [6.45, 7) is 7.16. The summed E-state index contributed by atoms with van der Waals surface area (Å²) in [5.74, 6) is 0.720. The monoisotopic (exact) mass is 535 g/mol. The lowest BCUT2D eigenvalue weighted by atomic mass is 10.2. The topological polar surface area (TPSA) is 60.4 Å². The number of piperazine rings is 1. The SMILES string of the molecule is CCCCNC(=NCC(=O)N(C)C)N1CCN(Cc2ccc(OC)c(F)c2)CC1.I. The van der Waals surface area contributed by atoms with Crippen molar-refractivity contribution in [2.24, 2.45) is 4.99 Å².